The Morgan fingerprint density at radius 2 is 1.00 bits per heavy atom. The zero-order valence-corrected chi connectivity index (χ0v) is 3.38. The third kappa shape index (κ3) is 50.8. The van der Waals surface area contributed by atoms with E-state index in [1.807, 2.05) is 0 Å². The van der Waals surface area contributed by atoms with Crippen molar-refractivity contribution in [3.8, 4) is 0 Å². The van der Waals surface area contributed by atoms with Gasteiger partial charge in [-0.15, -0.1) is 0 Å². The molecule has 0 unspecified atom stereocenters. The molecule has 34 valence electrons. The summed E-state index contributed by atoms with van der Waals surface area (Å²) in [5.41, 5.74) is 0. The third-order valence-corrected chi connectivity index (χ3v) is 0. The first-order valence-electron chi connectivity index (χ1n) is 0.775. The Labute approximate surface area is 68.7 Å². The van der Waals surface area contributed by atoms with E-state index < -0.39 is 7.32 Å². The maximum absolute atomic E-state index is 7.17. The Morgan fingerprint density at radius 3 is 1.00 bits per heavy atom. The second kappa shape index (κ2) is 9.68. The molecule has 3 N–H and O–H groups in total. The van der Waals surface area contributed by atoms with Crippen molar-refractivity contribution >= 4 is 36.9 Å². The van der Waals surface area contributed by atoms with Crippen LogP contribution in [-0.2, 0) is 17.1 Å². The molecule has 0 saturated heterocycles. The topological polar surface area (TPSA) is 60.7 Å². The first-order chi connectivity index (χ1) is 1.73. The fourth-order valence-corrected chi connectivity index (χ4v) is 0. The van der Waals surface area contributed by atoms with E-state index in [9.17, 15) is 0 Å². The van der Waals surface area contributed by atoms with Crippen LogP contribution in [-0.4, -0.2) is 52.0 Å². The van der Waals surface area contributed by atoms with Gasteiger partial charge in [0.15, 0.2) is 0 Å². The van der Waals surface area contributed by atoms with Gasteiger partial charge in [0.2, 0.25) is 0 Å². The molecule has 0 heterocycles. The molecule has 0 spiro atoms. The summed E-state index contributed by atoms with van der Waals surface area (Å²) in [6.45, 7) is 0. The molecule has 0 atom stereocenters. The molecular weight excluding hydrogens is 138 g/mol. The molecule has 0 aromatic carbocycles. The van der Waals surface area contributed by atoms with E-state index >= 15 is 0 Å². The minimum absolute atomic E-state index is 0. The van der Waals surface area contributed by atoms with Crippen LogP contribution in [0.4, 0.5) is 0 Å². The van der Waals surface area contributed by atoms with Crippen LogP contribution in [0.25, 0.3) is 0 Å². The summed E-state index contributed by atoms with van der Waals surface area (Å²) in [5.74, 6) is 0. The van der Waals surface area contributed by atoms with Gasteiger partial charge in [-0.2, -0.15) is 0 Å². The standard InChI is InChI=1S/BH3O3.Fe.Na.H/c2-1(3)4;;;/h2-4H;;;. The fourth-order valence-electron chi connectivity index (χ4n) is 0. The minimum atomic E-state index is -2.17. The molecule has 0 aliphatic carbocycles. The summed E-state index contributed by atoms with van der Waals surface area (Å²) in [6, 6.07) is 0. The van der Waals surface area contributed by atoms with Gasteiger partial charge in [0.05, 0.1) is 0 Å². The van der Waals surface area contributed by atoms with Gasteiger partial charge < -0.3 is 15.1 Å². The Morgan fingerprint density at radius 1 is 1.00 bits per heavy atom. The summed E-state index contributed by atoms with van der Waals surface area (Å²) in [4.78, 5) is 0. The van der Waals surface area contributed by atoms with Gasteiger partial charge in [-0.25, -0.2) is 0 Å². The molecule has 3 nitrogen and oxygen atoms in total. The van der Waals surface area contributed by atoms with Gasteiger partial charge in [-0.1, -0.05) is 0 Å². The average Bonchev–Trinajstić information content (AvgIpc) is 0.811. The molecule has 0 radical (unpaired) electrons. The first kappa shape index (κ1) is 15.7. The van der Waals surface area contributed by atoms with E-state index in [1.54, 1.807) is 0 Å². The Kier molecular flexibility index (Phi) is 25.3. The quantitative estimate of drug-likeness (QED) is 0.322. The fraction of sp³-hybridized carbons (Fsp3) is 0. The van der Waals surface area contributed by atoms with E-state index in [-0.39, 0.29) is 46.6 Å². The van der Waals surface area contributed by atoms with Crippen molar-refractivity contribution in [1.82, 2.24) is 0 Å². The summed E-state index contributed by atoms with van der Waals surface area (Å²) in [6.07, 6.45) is 0. The Bertz CT molecular complexity index is 15.5. The maximum atomic E-state index is 7.17. The Hall–Kier alpha value is 1.46. The molecule has 0 aromatic heterocycles. The summed E-state index contributed by atoms with van der Waals surface area (Å²) < 4.78 is 0. The molecule has 0 aromatic rings. The number of hydrogen-bond acceptors (Lipinski definition) is 3. The Balaban J connectivity index is -0.0000000450. The van der Waals surface area contributed by atoms with Crippen LogP contribution in [0.1, 0.15) is 0 Å². The SMILES string of the molecule is OB(O)O.[Fe].[NaH]. The van der Waals surface area contributed by atoms with Crippen molar-refractivity contribution in [2.45, 2.75) is 0 Å². The normalized spacial score (nSPS) is 4.50. The first-order valence-corrected chi connectivity index (χ1v) is 0.775. The second-order valence-electron chi connectivity index (χ2n) is 0.346. The van der Waals surface area contributed by atoms with Gasteiger partial charge >= 0.3 is 36.9 Å². The molecule has 0 saturated carbocycles. The predicted molar refractivity (Wildman–Crippen MR) is 19.6 cm³/mol. The van der Waals surface area contributed by atoms with E-state index in [2.05, 4.69) is 0 Å². The molecule has 0 rings (SSSR count). The molecule has 0 aliphatic heterocycles. The molecule has 0 bridgehead atoms. The van der Waals surface area contributed by atoms with Crippen molar-refractivity contribution in [3.05, 3.63) is 0 Å². The summed E-state index contributed by atoms with van der Waals surface area (Å²) >= 11 is 0. The molecular formula is H4BFeNaO3. The van der Waals surface area contributed by atoms with Crippen molar-refractivity contribution in [1.29, 1.82) is 0 Å². The van der Waals surface area contributed by atoms with Crippen molar-refractivity contribution in [3.63, 3.8) is 0 Å². The van der Waals surface area contributed by atoms with Gasteiger partial charge in [0.25, 0.3) is 0 Å². The number of hydrogen-bond donors (Lipinski definition) is 3. The van der Waals surface area contributed by atoms with Crippen LogP contribution in [0.5, 0.6) is 0 Å². The monoisotopic (exact) mass is 142 g/mol. The van der Waals surface area contributed by atoms with E-state index in [0.717, 1.165) is 0 Å². The van der Waals surface area contributed by atoms with Gasteiger partial charge in [-0.3, -0.25) is 0 Å². The third-order valence-electron chi connectivity index (χ3n) is 0. The number of rotatable bonds is 0. The zero-order valence-electron chi connectivity index (χ0n) is 2.27. The predicted octanol–water partition coefficient (Wildman–Crippen LogP) is -2.70. The van der Waals surface area contributed by atoms with Gasteiger partial charge in [0.1, 0.15) is 0 Å². The summed E-state index contributed by atoms with van der Waals surface area (Å²) in [7, 11) is -2.17. The van der Waals surface area contributed by atoms with Crippen molar-refractivity contribution in [2.75, 3.05) is 0 Å². The van der Waals surface area contributed by atoms with Crippen molar-refractivity contribution in [2.24, 2.45) is 0 Å². The van der Waals surface area contributed by atoms with Crippen molar-refractivity contribution < 1.29 is 32.1 Å². The van der Waals surface area contributed by atoms with Crippen LogP contribution in [0.3, 0.4) is 0 Å². The zero-order chi connectivity index (χ0) is 3.58. The van der Waals surface area contributed by atoms with E-state index in [4.69, 9.17) is 15.1 Å². The van der Waals surface area contributed by atoms with Crippen LogP contribution >= 0.6 is 0 Å². The van der Waals surface area contributed by atoms with Gasteiger partial charge in [0, 0.05) is 17.1 Å². The van der Waals surface area contributed by atoms with Crippen LogP contribution < -0.4 is 0 Å². The molecule has 0 fully saturated rings. The van der Waals surface area contributed by atoms with E-state index in [0.29, 0.717) is 0 Å². The second-order valence-corrected chi connectivity index (χ2v) is 0.346. The molecule has 6 heavy (non-hydrogen) atoms. The molecule has 6 heteroatoms. The van der Waals surface area contributed by atoms with Gasteiger partial charge in [-0.05, 0) is 0 Å². The molecule has 0 amide bonds. The van der Waals surface area contributed by atoms with Crippen LogP contribution in [0, 0.1) is 0 Å². The molecule has 0 aliphatic rings. The summed E-state index contributed by atoms with van der Waals surface area (Å²) in [5, 5.41) is 21.5. The van der Waals surface area contributed by atoms with Crippen LogP contribution in [0.15, 0.2) is 0 Å². The van der Waals surface area contributed by atoms with E-state index in [1.165, 1.54) is 0 Å². The van der Waals surface area contributed by atoms with Crippen LogP contribution in [0.2, 0.25) is 0 Å². The average molecular weight is 142 g/mol.